The third-order valence-electron chi connectivity index (χ3n) is 4.97. The molecule has 3 rings (SSSR count). The van der Waals surface area contributed by atoms with Gasteiger partial charge in [-0.05, 0) is 39.3 Å². The molecule has 0 aliphatic rings. The van der Waals surface area contributed by atoms with E-state index < -0.39 is 23.8 Å². The number of nitrogens with zero attached hydrogens (tertiary/aromatic N) is 2. The SMILES string of the molecule is CCOC(=O)c1c(C)[nH]c(C(=O)C(C)OC(=O)c2nn(C)c(=O)c3ccccc23)c1C. The Kier molecular flexibility index (Phi) is 6.05. The number of fused-ring (bicyclic) bond motifs is 1. The number of Topliss-reactive ketones (excluding diaryl/α,β-unsaturated/α-hetero) is 1. The zero-order valence-electron chi connectivity index (χ0n) is 17.9. The van der Waals surface area contributed by atoms with Crippen molar-refractivity contribution in [1.29, 1.82) is 0 Å². The van der Waals surface area contributed by atoms with Crippen LogP contribution in [0, 0.1) is 13.8 Å². The first-order valence-electron chi connectivity index (χ1n) is 9.74. The number of H-pyrrole nitrogens is 1. The smallest absolute Gasteiger partial charge is 0.360 e. The van der Waals surface area contributed by atoms with Crippen LogP contribution in [0.15, 0.2) is 29.1 Å². The van der Waals surface area contributed by atoms with Crippen molar-refractivity contribution >= 4 is 28.5 Å². The standard InChI is InChI=1S/C22H23N3O6/c1-6-30-21(28)16-11(2)17(23-12(16)3)19(26)13(4)31-22(29)18-14-9-7-8-10-15(14)20(27)25(5)24-18/h7-10,13,23H,6H2,1-5H3. The molecule has 0 radical (unpaired) electrons. The number of carbonyl (C=O) groups excluding carboxylic acids is 3. The Labute approximate surface area is 178 Å². The quantitative estimate of drug-likeness (QED) is 0.476. The lowest BCUT2D eigenvalue weighted by Gasteiger charge is -2.13. The third-order valence-corrected chi connectivity index (χ3v) is 4.97. The van der Waals surface area contributed by atoms with E-state index in [9.17, 15) is 19.2 Å². The zero-order chi connectivity index (χ0) is 22.9. The van der Waals surface area contributed by atoms with E-state index in [0.717, 1.165) is 4.68 Å². The van der Waals surface area contributed by atoms with Crippen molar-refractivity contribution in [2.75, 3.05) is 6.61 Å². The number of rotatable bonds is 6. The molecule has 0 aliphatic heterocycles. The summed E-state index contributed by atoms with van der Waals surface area (Å²) in [4.78, 5) is 53.0. The van der Waals surface area contributed by atoms with Crippen LogP contribution >= 0.6 is 0 Å². The minimum Gasteiger partial charge on any atom is -0.462 e. The highest BCUT2D eigenvalue weighted by atomic mass is 16.5. The van der Waals surface area contributed by atoms with Crippen molar-refractivity contribution in [2.24, 2.45) is 7.05 Å². The number of benzene rings is 1. The van der Waals surface area contributed by atoms with Crippen molar-refractivity contribution in [2.45, 2.75) is 33.8 Å². The van der Waals surface area contributed by atoms with Crippen molar-refractivity contribution in [1.82, 2.24) is 14.8 Å². The first-order chi connectivity index (χ1) is 14.7. The molecule has 0 bridgehead atoms. The van der Waals surface area contributed by atoms with Crippen molar-refractivity contribution in [3.8, 4) is 0 Å². The second-order valence-corrected chi connectivity index (χ2v) is 7.08. The van der Waals surface area contributed by atoms with Crippen LogP contribution in [0.5, 0.6) is 0 Å². The molecule has 31 heavy (non-hydrogen) atoms. The number of aryl methyl sites for hydroxylation is 2. The number of hydrogen-bond donors (Lipinski definition) is 1. The van der Waals surface area contributed by atoms with Gasteiger partial charge in [0.2, 0.25) is 5.78 Å². The van der Waals surface area contributed by atoms with Crippen LogP contribution in [0.3, 0.4) is 0 Å². The lowest BCUT2D eigenvalue weighted by molar-refractivity contribution is 0.0311. The number of esters is 2. The number of ketones is 1. The van der Waals surface area contributed by atoms with Gasteiger partial charge >= 0.3 is 11.9 Å². The Balaban J connectivity index is 1.89. The van der Waals surface area contributed by atoms with Crippen LogP contribution < -0.4 is 5.56 Å². The maximum Gasteiger partial charge on any atom is 0.360 e. The predicted octanol–water partition coefficient (Wildman–Crippen LogP) is 2.48. The van der Waals surface area contributed by atoms with Gasteiger partial charge in [0.05, 0.1) is 23.3 Å². The van der Waals surface area contributed by atoms with Gasteiger partial charge in [-0.1, -0.05) is 18.2 Å². The van der Waals surface area contributed by atoms with Gasteiger partial charge in [-0.2, -0.15) is 5.10 Å². The molecule has 1 aromatic carbocycles. The van der Waals surface area contributed by atoms with E-state index in [2.05, 4.69) is 10.1 Å². The summed E-state index contributed by atoms with van der Waals surface area (Å²) in [6.07, 6.45) is -1.16. The molecule has 0 amide bonds. The van der Waals surface area contributed by atoms with Crippen molar-refractivity contribution in [3.63, 3.8) is 0 Å². The predicted molar refractivity (Wildman–Crippen MR) is 112 cm³/mol. The van der Waals surface area contributed by atoms with Crippen LogP contribution in [0.2, 0.25) is 0 Å². The van der Waals surface area contributed by atoms with Gasteiger partial charge in [0.1, 0.15) is 0 Å². The highest BCUT2D eigenvalue weighted by Crippen LogP contribution is 2.22. The van der Waals surface area contributed by atoms with E-state index in [4.69, 9.17) is 9.47 Å². The minimum atomic E-state index is -1.16. The zero-order valence-corrected chi connectivity index (χ0v) is 17.9. The fraction of sp³-hybridized carbons (Fsp3) is 0.318. The topological polar surface area (TPSA) is 120 Å². The summed E-state index contributed by atoms with van der Waals surface area (Å²) in [7, 11) is 1.43. The summed E-state index contributed by atoms with van der Waals surface area (Å²) in [6.45, 7) is 6.62. The Morgan fingerprint density at radius 2 is 1.77 bits per heavy atom. The molecule has 1 unspecified atom stereocenters. The molecule has 1 atom stereocenters. The van der Waals surface area contributed by atoms with Crippen molar-refractivity contribution in [3.05, 3.63) is 62.8 Å². The molecule has 3 aromatic rings. The van der Waals surface area contributed by atoms with Crippen LogP contribution in [-0.4, -0.2) is 45.2 Å². The van der Waals surface area contributed by atoms with Gasteiger partial charge in [-0.3, -0.25) is 9.59 Å². The molecule has 2 heterocycles. The molecule has 0 spiro atoms. The summed E-state index contributed by atoms with van der Waals surface area (Å²) in [6, 6.07) is 6.54. The van der Waals surface area contributed by atoms with Gasteiger partial charge < -0.3 is 14.5 Å². The molecular weight excluding hydrogens is 402 g/mol. The maximum atomic E-state index is 12.9. The highest BCUT2D eigenvalue weighted by molar-refractivity contribution is 6.06. The Morgan fingerprint density at radius 1 is 1.13 bits per heavy atom. The molecule has 9 heteroatoms. The fourth-order valence-electron chi connectivity index (χ4n) is 3.43. The van der Waals surface area contributed by atoms with Gasteiger partial charge in [0.15, 0.2) is 11.8 Å². The lowest BCUT2D eigenvalue weighted by Crippen LogP contribution is -2.28. The highest BCUT2D eigenvalue weighted by Gasteiger charge is 2.29. The molecule has 0 fully saturated rings. The van der Waals surface area contributed by atoms with E-state index in [1.54, 1.807) is 45.0 Å². The van der Waals surface area contributed by atoms with Gasteiger partial charge in [-0.15, -0.1) is 0 Å². The Bertz CT molecular complexity index is 1250. The summed E-state index contributed by atoms with van der Waals surface area (Å²) in [5.41, 5.74) is 0.955. The number of aromatic amines is 1. The van der Waals surface area contributed by atoms with E-state index in [0.29, 0.717) is 22.0 Å². The van der Waals surface area contributed by atoms with Crippen LogP contribution in [0.1, 0.15) is 56.4 Å². The van der Waals surface area contributed by atoms with E-state index in [1.165, 1.54) is 14.0 Å². The normalized spacial score (nSPS) is 11.9. The first kappa shape index (κ1) is 21.9. The number of ether oxygens (including phenoxy) is 2. The summed E-state index contributed by atoms with van der Waals surface area (Å²) >= 11 is 0. The molecule has 0 saturated carbocycles. The third kappa shape index (κ3) is 3.98. The molecule has 0 aliphatic carbocycles. The molecule has 9 nitrogen and oxygen atoms in total. The van der Waals surface area contributed by atoms with Crippen LogP contribution in [0.25, 0.3) is 10.8 Å². The number of hydrogen-bond acceptors (Lipinski definition) is 7. The summed E-state index contributed by atoms with van der Waals surface area (Å²) in [5, 5.41) is 4.67. The van der Waals surface area contributed by atoms with Gasteiger partial charge in [-0.25, -0.2) is 14.3 Å². The average Bonchev–Trinajstić information content (AvgIpc) is 3.04. The lowest BCUT2D eigenvalue weighted by atomic mass is 10.1. The molecule has 2 aromatic heterocycles. The van der Waals surface area contributed by atoms with E-state index >= 15 is 0 Å². The summed E-state index contributed by atoms with van der Waals surface area (Å²) in [5.74, 6) is -1.86. The fourth-order valence-corrected chi connectivity index (χ4v) is 3.43. The second kappa shape index (κ2) is 8.55. The van der Waals surface area contributed by atoms with Crippen molar-refractivity contribution < 1.29 is 23.9 Å². The van der Waals surface area contributed by atoms with Gasteiger partial charge in [0, 0.05) is 18.1 Å². The molecule has 162 valence electrons. The number of aromatic nitrogens is 3. The monoisotopic (exact) mass is 425 g/mol. The van der Waals surface area contributed by atoms with Crippen LogP contribution in [0.4, 0.5) is 0 Å². The largest absolute Gasteiger partial charge is 0.462 e. The van der Waals surface area contributed by atoms with Crippen LogP contribution in [-0.2, 0) is 16.5 Å². The van der Waals surface area contributed by atoms with E-state index in [-0.39, 0.29) is 29.1 Å². The van der Waals surface area contributed by atoms with Gasteiger partial charge in [0.25, 0.3) is 5.56 Å². The Morgan fingerprint density at radius 3 is 2.42 bits per heavy atom. The Hall–Kier alpha value is -3.75. The molecule has 0 saturated heterocycles. The number of nitrogens with one attached hydrogen (secondary N) is 1. The second-order valence-electron chi connectivity index (χ2n) is 7.08. The number of carbonyl (C=O) groups is 3. The average molecular weight is 425 g/mol. The minimum absolute atomic E-state index is 0.0658. The van der Waals surface area contributed by atoms with E-state index in [1.807, 2.05) is 0 Å². The molecule has 1 N–H and O–H groups in total. The summed E-state index contributed by atoms with van der Waals surface area (Å²) < 4.78 is 11.5. The molecular formula is C22H23N3O6. The first-order valence-corrected chi connectivity index (χ1v) is 9.74. The maximum absolute atomic E-state index is 12.9.